The first-order chi connectivity index (χ1) is 8.63. The largest absolute Gasteiger partial charge is 0.515 e. The molecule has 0 bridgehead atoms. The topological polar surface area (TPSA) is 73.8 Å². The van der Waals surface area contributed by atoms with E-state index >= 15 is 0 Å². The molecule has 0 spiro atoms. The Kier molecular flexibility index (Phi) is 6.04. The van der Waals surface area contributed by atoms with Crippen LogP contribution in [0.4, 0.5) is 4.79 Å². The standard InChI is InChI=1S/C13H18N2O3/c1-11(16)9-15(8-7-14)13(17)18-10-12-5-3-2-4-6-12/h2-6H,7-10,14H2,1H3/p+1. The van der Waals surface area contributed by atoms with Gasteiger partial charge in [0, 0.05) is 13.5 Å². The summed E-state index contributed by atoms with van der Waals surface area (Å²) in [6.45, 7) is 2.51. The molecule has 1 unspecified atom stereocenters. The lowest BCUT2D eigenvalue weighted by atomic mass is 10.2. The van der Waals surface area contributed by atoms with Crippen molar-refractivity contribution >= 4 is 11.9 Å². The molecule has 0 saturated carbocycles. The number of nitrogens with two attached hydrogens (primary N) is 1. The third-order valence-corrected chi connectivity index (χ3v) is 2.41. The molecule has 0 fully saturated rings. The summed E-state index contributed by atoms with van der Waals surface area (Å²) in [6, 6.07) is 9.40. The predicted octanol–water partition coefficient (Wildman–Crippen LogP) is -0.244. The SMILES string of the molecule is CC(=O)C[NH+](CCN)C(=O)OCc1ccccc1. The number of ether oxygens (including phenoxy) is 1. The van der Waals surface area contributed by atoms with Crippen molar-refractivity contribution < 1.29 is 19.2 Å². The summed E-state index contributed by atoms with van der Waals surface area (Å²) in [7, 11) is 0. The highest BCUT2D eigenvalue weighted by atomic mass is 16.6. The van der Waals surface area contributed by atoms with E-state index in [1.807, 2.05) is 30.3 Å². The van der Waals surface area contributed by atoms with Crippen molar-refractivity contribution in [2.75, 3.05) is 19.6 Å². The van der Waals surface area contributed by atoms with Gasteiger partial charge in [-0.1, -0.05) is 30.3 Å². The van der Waals surface area contributed by atoms with Gasteiger partial charge in [0.05, 0.1) is 6.54 Å². The van der Waals surface area contributed by atoms with Crippen LogP contribution < -0.4 is 10.6 Å². The van der Waals surface area contributed by atoms with E-state index in [1.165, 1.54) is 6.92 Å². The van der Waals surface area contributed by atoms with Gasteiger partial charge in [-0.3, -0.25) is 4.79 Å². The van der Waals surface area contributed by atoms with E-state index in [4.69, 9.17) is 10.5 Å². The van der Waals surface area contributed by atoms with E-state index < -0.39 is 6.09 Å². The predicted molar refractivity (Wildman–Crippen MR) is 67.1 cm³/mol. The molecule has 1 amide bonds. The lowest BCUT2D eigenvalue weighted by molar-refractivity contribution is -0.813. The van der Waals surface area contributed by atoms with Crippen LogP contribution in [0.25, 0.3) is 0 Å². The Hall–Kier alpha value is -1.72. The van der Waals surface area contributed by atoms with Crippen molar-refractivity contribution in [2.45, 2.75) is 13.5 Å². The maximum atomic E-state index is 11.8. The average molecular weight is 251 g/mol. The van der Waals surface area contributed by atoms with E-state index in [9.17, 15) is 9.59 Å². The first-order valence-corrected chi connectivity index (χ1v) is 5.88. The van der Waals surface area contributed by atoms with Gasteiger partial charge in [-0.15, -0.1) is 0 Å². The zero-order valence-electron chi connectivity index (χ0n) is 10.5. The number of carbonyl (C=O) groups excluding carboxylic acids is 2. The van der Waals surface area contributed by atoms with Gasteiger partial charge < -0.3 is 10.5 Å². The fourth-order valence-corrected chi connectivity index (χ4v) is 1.56. The van der Waals surface area contributed by atoms with Crippen LogP contribution >= 0.6 is 0 Å². The molecule has 1 rings (SSSR count). The number of rotatable bonds is 6. The number of hydrogen-bond acceptors (Lipinski definition) is 4. The Morgan fingerprint density at radius 1 is 1.28 bits per heavy atom. The highest BCUT2D eigenvalue weighted by Gasteiger charge is 2.22. The second kappa shape index (κ2) is 7.58. The summed E-state index contributed by atoms with van der Waals surface area (Å²) < 4.78 is 5.16. The maximum absolute atomic E-state index is 11.8. The monoisotopic (exact) mass is 251 g/mol. The summed E-state index contributed by atoms with van der Waals surface area (Å²) in [4.78, 5) is 23.3. The fourth-order valence-electron chi connectivity index (χ4n) is 1.56. The average Bonchev–Trinajstić information content (AvgIpc) is 2.36. The fraction of sp³-hybridized carbons (Fsp3) is 0.385. The quantitative estimate of drug-likeness (QED) is 0.731. The summed E-state index contributed by atoms with van der Waals surface area (Å²) in [5, 5.41) is 0. The molecule has 1 atom stereocenters. The van der Waals surface area contributed by atoms with Gasteiger partial charge >= 0.3 is 6.09 Å². The van der Waals surface area contributed by atoms with Gasteiger partial charge in [0.1, 0.15) is 13.2 Å². The molecule has 0 aliphatic heterocycles. The zero-order chi connectivity index (χ0) is 13.4. The highest BCUT2D eigenvalue weighted by Crippen LogP contribution is 1.99. The molecule has 5 nitrogen and oxygen atoms in total. The molecular weight excluding hydrogens is 232 g/mol. The van der Waals surface area contributed by atoms with Crippen LogP contribution in [0, 0.1) is 0 Å². The summed E-state index contributed by atoms with van der Waals surface area (Å²) in [5.41, 5.74) is 6.33. The number of amides is 1. The third-order valence-electron chi connectivity index (χ3n) is 2.41. The zero-order valence-corrected chi connectivity index (χ0v) is 10.5. The minimum absolute atomic E-state index is 0.0601. The van der Waals surface area contributed by atoms with Crippen LogP contribution in [0.1, 0.15) is 12.5 Å². The van der Waals surface area contributed by atoms with Crippen LogP contribution in [-0.4, -0.2) is 31.5 Å². The van der Waals surface area contributed by atoms with Crippen molar-refractivity contribution in [3.63, 3.8) is 0 Å². The normalized spacial score (nSPS) is 11.9. The molecule has 1 aromatic rings. The number of nitrogens with one attached hydrogen (secondary N) is 1. The molecular formula is C13H19N2O3+. The van der Waals surface area contributed by atoms with Gasteiger partial charge in [-0.2, -0.15) is 4.79 Å². The molecule has 0 aliphatic carbocycles. The minimum Gasteiger partial charge on any atom is -0.415 e. The van der Waals surface area contributed by atoms with Crippen LogP contribution in [0.2, 0.25) is 0 Å². The Bertz CT molecular complexity index is 392. The number of carbonyl (C=O) groups is 2. The molecule has 98 valence electrons. The van der Waals surface area contributed by atoms with Crippen molar-refractivity contribution in [2.24, 2.45) is 5.73 Å². The van der Waals surface area contributed by atoms with Gasteiger partial charge in [0.25, 0.3) is 0 Å². The first-order valence-electron chi connectivity index (χ1n) is 5.88. The summed E-state index contributed by atoms with van der Waals surface area (Å²) >= 11 is 0. The number of Topliss-reactive ketones (excluding diaryl/α,β-unsaturated/α-hetero) is 1. The first kappa shape index (κ1) is 14.3. The molecule has 0 heterocycles. The van der Waals surface area contributed by atoms with E-state index in [2.05, 4.69) is 0 Å². The van der Waals surface area contributed by atoms with Gasteiger partial charge in [0.2, 0.25) is 0 Å². The van der Waals surface area contributed by atoms with Crippen LogP contribution in [-0.2, 0) is 16.1 Å². The Morgan fingerprint density at radius 2 is 1.94 bits per heavy atom. The van der Waals surface area contributed by atoms with Crippen LogP contribution in [0.3, 0.4) is 0 Å². The van der Waals surface area contributed by atoms with Gasteiger partial charge in [-0.25, -0.2) is 4.90 Å². The minimum atomic E-state index is -0.431. The highest BCUT2D eigenvalue weighted by molar-refractivity contribution is 5.77. The summed E-state index contributed by atoms with van der Waals surface area (Å²) in [6.07, 6.45) is -0.431. The van der Waals surface area contributed by atoms with E-state index in [-0.39, 0.29) is 18.9 Å². The van der Waals surface area contributed by atoms with E-state index in [0.29, 0.717) is 18.0 Å². The smallest absolute Gasteiger partial charge is 0.415 e. The number of quaternary nitrogens is 1. The Balaban J connectivity index is 2.48. The van der Waals surface area contributed by atoms with Crippen molar-refractivity contribution in [1.82, 2.24) is 0 Å². The molecule has 5 heteroatoms. The Morgan fingerprint density at radius 3 is 2.50 bits per heavy atom. The lowest BCUT2D eigenvalue weighted by Gasteiger charge is -2.14. The van der Waals surface area contributed by atoms with Gasteiger partial charge in [0.15, 0.2) is 5.78 Å². The van der Waals surface area contributed by atoms with Crippen molar-refractivity contribution in [1.29, 1.82) is 0 Å². The van der Waals surface area contributed by atoms with Crippen LogP contribution in [0.5, 0.6) is 0 Å². The Labute approximate surface area is 107 Å². The number of benzene rings is 1. The van der Waals surface area contributed by atoms with Gasteiger partial charge in [-0.05, 0) is 5.56 Å². The van der Waals surface area contributed by atoms with Crippen molar-refractivity contribution in [3.8, 4) is 0 Å². The maximum Gasteiger partial charge on any atom is 0.515 e. The second-order valence-corrected chi connectivity index (χ2v) is 4.08. The van der Waals surface area contributed by atoms with E-state index in [1.54, 1.807) is 0 Å². The molecule has 18 heavy (non-hydrogen) atoms. The third kappa shape index (κ3) is 5.07. The number of alkyl carbamates (subject to hydrolysis) is 2. The molecule has 0 radical (unpaired) electrons. The number of ketones is 1. The molecule has 0 aliphatic rings. The lowest BCUT2D eigenvalue weighted by Crippen LogP contribution is -3.16. The van der Waals surface area contributed by atoms with E-state index in [0.717, 1.165) is 5.56 Å². The molecule has 3 N–H and O–H groups in total. The molecule has 0 aromatic heterocycles. The molecule has 1 aromatic carbocycles. The second-order valence-electron chi connectivity index (χ2n) is 4.08. The molecule has 0 saturated heterocycles. The van der Waals surface area contributed by atoms with Crippen molar-refractivity contribution in [3.05, 3.63) is 35.9 Å². The van der Waals surface area contributed by atoms with Crippen LogP contribution in [0.15, 0.2) is 30.3 Å². The summed E-state index contributed by atoms with van der Waals surface area (Å²) in [5.74, 6) is -0.0601. The number of hydrogen-bond donors (Lipinski definition) is 2.